The van der Waals surface area contributed by atoms with Gasteiger partial charge in [-0.25, -0.2) is 10.2 Å². The van der Waals surface area contributed by atoms with Crippen LogP contribution in [0.25, 0.3) is 0 Å². The number of hydrazone groups is 1. The molecule has 0 saturated carbocycles. The molecule has 164 valence electrons. The standard InChI is InChI=1S/C25H23ClN2O4/c1-18-16-21(26)11-14-23(18)31-15-5-8-24(29)28-27-17-19-9-12-22(13-10-19)32-25(30)20-6-3-2-4-7-20/h2-4,6-7,9-14,16-17H,5,8,15H2,1H3,(H,28,29)/b27-17+. The summed E-state index contributed by atoms with van der Waals surface area (Å²) in [6.45, 7) is 2.34. The van der Waals surface area contributed by atoms with Gasteiger partial charge in [0.2, 0.25) is 5.91 Å². The van der Waals surface area contributed by atoms with E-state index in [-0.39, 0.29) is 5.91 Å². The molecular formula is C25H23ClN2O4. The van der Waals surface area contributed by atoms with Crippen molar-refractivity contribution in [3.63, 3.8) is 0 Å². The van der Waals surface area contributed by atoms with Crippen LogP contribution in [0, 0.1) is 6.92 Å². The molecule has 3 aromatic carbocycles. The zero-order valence-electron chi connectivity index (χ0n) is 17.6. The van der Waals surface area contributed by atoms with Crippen LogP contribution in [0.15, 0.2) is 77.9 Å². The van der Waals surface area contributed by atoms with Gasteiger partial charge in [-0.05, 0) is 79.1 Å². The van der Waals surface area contributed by atoms with Crippen molar-refractivity contribution in [3.05, 3.63) is 94.5 Å². The lowest BCUT2D eigenvalue weighted by atomic mass is 10.2. The second kappa shape index (κ2) is 11.7. The second-order valence-electron chi connectivity index (χ2n) is 6.98. The van der Waals surface area contributed by atoms with Crippen molar-refractivity contribution in [1.82, 2.24) is 5.43 Å². The fraction of sp³-hybridized carbons (Fsp3) is 0.160. The van der Waals surface area contributed by atoms with Gasteiger partial charge in [0.1, 0.15) is 11.5 Å². The van der Waals surface area contributed by atoms with Gasteiger partial charge in [-0.3, -0.25) is 4.79 Å². The number of carbonyl (C=O) groups excluding carboxylic acids is 2. The van der Waals surface area contributed by atoms with Crippen LogP contribution in [-0.2, 0) is 4.79 Å². The van der Waals surface area contributed by atoms with E-state index in [0.717, 1.165) is 16.9 Å². The number of esters is 1. The Kier molecular flexibility index (Phi) is 8.40. The third kappa shape index (κ3) is 7.25. The number of carbonyl (C=O) groups is 2. The molecule has 0 saturated heterocycles. The van der Waals surface area contributed by atoms with Crippen LogP contribution in [-0.4, -0.2) is 24.7 Å². The van der Waals surface area contributed by atoms with Gasteiger partial charge in [-0.15, -0.1) is 0 Å². The molecule has 0 fully saturated rings. The summed E-state index contributed by atoms with van der Waals surface area (Å²) in [5.74, 6) is 0.558. The molecule has 6 nitrogen and oxygen atoms in total. The third-order valence-corrected chi connectivity index (χ3v) is 4.68. The minimum Gasteiger partial charge on any atom is -0.493 e. The van der Waals surface area contributed by atoms with Gasteiger partial charge < -0.3 is 9.47 Å². The Hall–Kier alpha value is -3.64. The highest BCUT2D eigenvalue weighted by atomic mass is 35.5. The fourth-order valence-corrected chi connectivity index (χ4v) is 3.01. The van der Waals surface area contributed by atoms with Crippen LogP contribution in [0.1, 0.15) is 34.3 Å². The Labute approximate surface area is 191 Å². The summed E-state index contributed by atoms with van der Waals surface area (Å²) in [4.78, 5) is 24.0. The Balaban J connectivity index is 1.37. The van der Waals surface area contributed by atoms with E-state index in [1.807, 2.05) is 25.1 Å². The van der Waals surface area contributed by atoms with Gasteiger partial charge in [0, 0.05) is 11.4 Å². The molecule has 0 unspecified atom stereocenters. The fourth-order valence-electron chi connectivity index (χ4n) is 2.79. The number of amides is 1. The van der Waals surface area contributed by atoms with Crippen molar-refractivity contribution in [2.24, 2.45) is 5.10 Å². The van der Waals surface area contributed by atoms with E-state index in [2.05, 4.69) is 10.5 Å². The summed E-state index contributed by atoms with van der Waals surface area (Å²) in [6.07, 6.45) is 2.37. The maximum Gasteiger partial charge on any atom is 0.343 e. The van der Waals surface area contributed by atoms with E-state index in [1.54, 1.807) is 54.6 Å². The van der Waals surface area contributed by atoms with Crippen LogP contribution in [0.5, 0.6) is 11.5 Å². The van der Waals surface area contributed by atoms with Crippen LogP contribution in [0.4, 0.5) is 0 Å². The van der Waals surface area contributed by atoms with Crippen molar-refractivity contribution in [2.75, 3.05) is 6.61 Å². The number of hydrogen-bond donors (Lipinski definition) is 1. The van der Waals surface area contributed by atoms with Gasteiger partial charge in [0.05, 0.1) is 18.4 Å². The third-order valence-electron chi connectivity index (χ3n) is 4.45. The lowest BCUT2D eigenvalue weighted by Gasteiger charge is -2.08. The van der Waals surface area contributed by atoms with E-state index in [1.165, 1.54) is 6.21 Å². The average molecular weight is 451 g/mol. The molecule has 0 aliphatic heterocycles. The Bertz CT molecular complexity index is 1080. The zero-order chi connectivity index (χ0) is 22.8. The number of ether oxygens (including phenoxy) is 2. The summed E-state index contributed by atoms with van der Waals surface area (Å²) in [5, 5.41) is 4.61. The van der Waals surface area contributed by atoms with Crippen molar-refractivity contribution >= 4 is 29.7 Å². The molecule has 1 N–H and O–H groups in total. The second-order valence-corrected chi connectivity index (χ2v) is 7.42. The molecule has 32 heavy (non-hydrogen) atoms. The highest BCUT2D eigenvalue weighted by Crippen LogP contribution is 2.22. The van der Waals surface area contributed by atoms with E-state index in [0.29, 0.717) is 35.8 Å². The topological polar surface area (TPSA) is 77.0 Å². The maximum atomic E-state index is 12.1. The van der Waals surface area contributed by atoms with E-state index < -0.39 is 5.97 Å². The first-order valence-corrected chi connectivity index (χ1v) is 10.5. The van der Waals surface area contributed by atoms with Gasteiger partial charge in [0.25, 0.3) is 0 Å². The molecule has 7 heteroatoms. The first-order chi connectivity index (χ1) is 15.5. The number of nitrogens with one attached hydrogen (secondary N) is 1. The minimum atomic E-state index is -0.422. The average Bonchev–Trinajstić information content (AvgIpc) is 2.79. The van der Waals surface area contributed by atoms with E-state index >= 15 is 0 Å². The molecule has 0 radical (unpaired) electrons. The molecule has 3 rings (SSSR count). The zero-order valence-corrected chi connectivity index (χ0v) is 18.3. The molecule has 3 aromatic rings. The normalized spacial score (nSPS) is 10.7. The quantitative estimate of drug-likeness (QED) is 0.160. The first-order valence-electron chi connectivity index (χ1n) is 10.1. The SMILES string of the molecule is Cc1cc(Cl)ccc1OCCCC(=O)N/N=C/c1ccc(OC(=O)c2ccccc2)cc1. The largest absolute Gasteiger partial charge is 0.493 e. The van der Waals surface area contributed by atoms with Crippen LogP contribution >= 0.6 is 11.6 Å². The van der Waals surface area contributed by atoms with Crippen molar-refractivity contribution < 1.29 is 19.1 Å². The predicted molar refractivity (Wildman–Crippen MR) is 124 cm³/mol. The summed E-state index contributed by atoms with van der Waals surface area (Å²) in [6, 6.07) is 21.0. The highest BCUT2D eigenvalue weighted by molar-refractivity contribution is 6.30. The molecule has 0 atom stereocenters. The Morgan fingerprint density at radius 2 is 1.78 bits per heavy atom. The molecule has 0 spiro atoms. The minimum absolute atomic E-state index is 0.203. The Morgan fingerprint density at radius 3 is 2.50 bits per heavy atom. The van der Waals surface area contributed by atoms with Crippen LogP contribution in [0.3, 0.4) is 0 Å². The summed E-state index contributed by atoms with van der Waals surface area (Å²) in [7, 11) is 0. The number of hydrogen-bond acceptors (Lipinski definition) is 5. The molecule has 0 heterocycles. The molecule has 0 aromatic heterocycles. The molecular weight excluding hydrogens is 428 g/mol. The van der Waals surface area contributed by atoms with Crippen LogP contribution < -0.4 is 14.9 Å². The summed E-state index contributed by atoms with van der Waals surface area (Å²) >= 11 is 5.92. The Morgan fingerprint density at radius 1 is 1.03 bits per heavy atom. The number of aryl methyl sites for hydroxylation is 1. The molecule has 1 amide bonds. The van der Waals surface area contributed by atoms with Crippen LogP contribution in [0.2, 0.25) is 5.02 Å². The predicted octanol–water partition coefficient (Wildman–Crippen LogP) is 5.18. The van der Waals surface area contributed by atoms with E-state index in [9.17, 15) is 9.59 Å². The first kappa shape index (κ1) is 23.0. The molecule has 0 aliphatic rings. The number of nitrogens with zero attached hydrogens (tertiary/aromatic N) is 1. The lowest BCUT2D eigenvalue weighted by molar-refractivity contribution is -0.121. The smallest absolute Gasteiger partial charge is 0.343 e. The van der Waals surface area contributed by atoms with Gasteiger partial charge in [-0.1, -0.05) is 29.8 Å². The summed E-state index contributed by atoms with van der Waals surface area (Å²) < 4.78 is 11.0. The maximum absolute atomic E-state index is 12.1. The van der Waals surface area contributed by atoms with Gasteiger partial charge in [0.15, 0.2) is 0 Å². The highest BCUT2D eigenvalue weighted by Gasteiger charge is 2.07. The van der Waals surface area contributed by atoms with Crippen molar-refractivity contribution in [1.29, 1.82) is 0 Å². The van der Waals surface area contributed by atoms with Crippen molar-refractivity contribution in [2.45, 2.75) is 19.8 Å². The van der Waals surface area contributed by atoms with E-state index in [4.69, 9.17) is 21.1 Å². The van der Waals surface area contributed by atoms with Gasteiger partial charge >= 0.3 is 5.97 Å². The number of rotatable bonds is 9. The number of benzene rings is 3. The molecule has 0 aliphatic carbocycles. The summed E-state index contributed by atoms with van der Waals surface area (Å²) in [5.41, 5.74) is 4.68. The molecule has 0 bridgehead atoms. The number of halogens is 1. The monoisotopic (exact) mass is 450 g/mol. The van der Waals surface area contributed by atoms with Gasteiger partial charge in [-0.2, -0.15) is 5.10 Å². The lowest BCUT2D eigenvalue weighted by Crippen LogP contribution is -2.18. The van der Waals surface area contributed by atoms with Crippen molar-refractivity contribution in [3.8, 4) is 11.5 Å².